The van der Waals surface area contributed by atoms with Gasteiger partial charge in [-0.15, -0.1) is 11.6 Å². The van der Waals surface area contributed by atoms with Gasteiger partial charge in [0.2, 0.25) is 5.91 Å². The minimum absolute atomic E-state index is 0.0409. The van der Waals surface area contributed by atoms with Gasteiger partial charge in [0.15, 0.2) is 5.65 Å². The minimum Gasteiger partial charge on any atom is -0.354 e. The molecule has 5 nitrogen and oxygen atoms in total. The molecule has 6 heteroatoms. The smallest absolute Gasteiger partial charge is 0.242 e. The van der Waals surface area contributed by atoms with Crippen molar-refractivity contribution in [3.63, 3.8) is 0 Å². The van der Waals surface area contributed by atoms with Crippen LogP contribution in [0.25, 0.3) is 11.2 Å². The number of alkyl halides is 1. The van der Waals surface area contributed by atoms with Gasteiger partial charge in [0.1, 0.15) is 17.4 Å². The van der Waals surface area contributed by atoms with Gasteiger partial charge < -0.3 is 5.32 Å². The number of nitrogens with one attached hydrogen (secondary N) is 1. The fourth-order valence-corrected chi connectivity index (χ4v) is 2.36. The van der Waals surface area contributed by atoms with E-state index in [4.69, 9.17) is 11.6 Å². The van der Waals surface area contributed by atoms with E-state index in [0.717, 1.165) is 17.5 Å². The molecule has 108 valence electrons. The van der Waals surface area contributed by atoms with Crippen molar-refractivity contribution in [2.45, 2.75) is 39.1 Å². The Morgan fingerprint density at radius 3 is 2.95 bits per heavy atom. The van der Waals surface area contributed by atoms with E-state index in [9.17, 15) is 4.79 Å². The van der Waals surface area contributed by atoms with Crippen LogP contribution in [-0.4, -0.2) is 27.0 Å². The summed E-state index contributed by atoms with van der Waals surface area (Å²) < 4.78 is 1.82. The molecule has 1 atom stereocenters. The second-order valence-electron chi connectivity index (χ2n) is 4.80. The van der Waals surface area contributed by atoms with Crippen LogP contribution < -0.4 is 5.32 Å². The zero-order valence-corrected chi connectivity index (χ0v) is 12.7. The van der Waals surface area contributed by atoms with E-state index in [1.54, 1.807) is 6.20 Å². The number of carbonyl (C=O) groups excluding carboxylic acids is 1. The Kier molecular flexibility index (Phi) is 4.60. The van der Waals surface area contributed by atoms with Crippen LogP contribution in [0, 0.1) is 6.92 Å². The van der Waals surface area contributed by atoms with Crippen LogP contribution in [0.4, 0.5) is 0 Å². The number of fused-ring (bicyclic) bond motifs is 1. The number of pyridine rings is 1. The maximum atomic E-state index is 12.2. The maximum Gasteiger partial charge on any atom is 0.242 e. The maximum absolute atomic E-state index is 12.2. The van der Waals surface area contributed by atoms with Crippen LogP contribution >= 0.6 is 11.6 Å². The molecule has 20 heavy (non-hydrogen) atoms. The fraction of sp³-hybridized carbons (Fsp3) is 0.500. The van der Waals surface area contributed by atoms with Crippen molar-refractivity contribution < 1.29 is 4.79 Å². The van der Waals surface area contributed by atoms with Gasteiger partial charge in [-0.1, -0.05) is 6.92 Å². The number of nitrogens with zero attached hydrogens (tertiary/aromatic N) is 3. The van der Waals surface area contributed by atoms with Crippen molar-refractivity contribution >= 4 is 28.7 Å². The summed E-state index contributed by atoms with van der Waals surface area (Å²) in [4.78, 5) is 21.0. The van der Waals surface area contributed by atoms with Crippen molar-refractivity contribution in [1.82, 2.24) is 19.9 Å². The first-order valence-corrected chi connectivity index (χ1v) is 7.29. The van der Waals surface area contributed by atoms with Gasteiger partial charge in [0, 0.05) is 12.7 Å². The third-order valence-corrected chi connectivity index (χ3v) is 3.53. The van der Waals surface area contributed by atoms with Crippen LogP contribution in [0.2, 0.25) is 0 Å². The zero-order chi connectivity index (χ0) is 14.7. The van der Waals surface area contributed by atoms with Crippen LogP contribution in [0.1, 0.15) is 37.7 Å². The topological polar surface area (TPSA) is 59.8 Å². The summed E-state index contributed by atoms with van der Waals surface area (Å²) in [6.45, 7) is 6.50. The molecular weight excluding hydrogens is 276 g/mol. The molecule has 0 aliphatic rings. The van der Waals surface area contributed by atoms with E-state index in [2.05, 4.69) is 15.3 Å². The van der Waals surface area contributed by atoms with Crippen LogP contribution in [0.5, 0.6) is 0 Å². The summed E-state index contributed by atoms with van der Waals surface area (Å²) in [7, 11) is 0. The van der Waals surface area contributed by atoms with Gasteiger partial charge in [-0.3, -0.25) is 9.36 Å². The monoisotopic (exact) mass is 294 g/mol. The molecule has 0 radical (unpaired) electrons. The molecule has 2 aromatic rings. The predicted octanol–water partition coefficient (Wildman–Crippen LogP) is 2.57. The van der Waals surface area contributed by atoms with Crippen molar-refractivity contribution in [3.05, 3.63) is 23.7 Å². The third kappa shape index (κ3) is 2.63. The van der Waals surface area contributed by atoms with Gasteiger partial charge in [0.25, 0.3) is 0 Å². The molecule has 2 aromatic heterocycles. The number of aryl methyl sites for hydroxylation is 1. The van der Waals surface area contributed by atoms with Gasteiger partial charge in [-0.05, 0) is 31.9 Å². The second kappa shape index (κ2) is 6.22. The summed E-state index contributed by atoms with van der Waals surface area (Å²) in [5, 5.41) is 2.89. The summed E-state index contributed by atoms with van der Waals surface area (Å²) in [6, 6.07) is 1.52. The molecule has 2 rings (SSSR count). The molecule has 0 aliphatic heterocycles. The highest BCUT2D eigenvalue weighted by atomic mass is 35.5. The number of amides is 1. The first-order valence-electron chi connectivity index (χ1n) is 6.76. The Bertz CT molecular complexity index is 623. The SMILES string of the molecule is CCCNC(=O)C(C)n1c(CCl)nc2c(C)ccnc21. The Morgan fingerprint density at radius 1 is 1.55 bits per heavy atom. The van der Waals surface area contributed by atoms with E-state index in [1.165, 1.54) is 0 Å². The van der Waals surface area contributed by atoms with Crippen LogP contribution in [0.3, 0.4) is 0 Å². The van der Waals surface area contributed by atoms with Crippen molar-refractivity contribution in [3.8, 4) is 0 Å². The lowest BCUT2D eigenvalue weighted by molar-refractivity contribution is -0.123. The number of carbonyl (C=O) groups is 1. The highest BCUT2D eigenvalue weighted by molar-refractivity contribution is 6.16. The Labute approximate surface area is 123 Å². The quantitative estimate of drug-likeness (QED) is 0.862. The molecule has 0 saturated heterocycles. The third-order valence-electron chi connectivity index (χ3n) is 3.29. The highest BCUT2D eigenvalue weighted by Crippen LogP contribution is 2.23. The average Bonchev–Trinajstić information content (AvgIpc) is 2.83. The highest BCUT2D eigenvalue weighted by Gasteiger charge is 2.22. The molecule has 0 fully saturated rings. The average molecular weight is 295 g/mol. The number of aromatic nitrogens is 3. The lowest BCUT2D eigenvalue weighted by atomic mass is 10.2. The van der Waals surface area contributed by atoms with Gasteiger partial charge in [-0.2, -0.15) is 0 Å². The lowest BCUT2D eigenvalue weighted by Crippen LogP contribution is -2.32. The molecule has 0 bridgehead atoms. The number of rotatable bonds is 5. The van der Waals surface area contributed by atoms with Crippen LogP contribution in [0.15, 0.2) is 12.3 Å². The van der Waals surface area contributed by atoms with E-state index < -0.39 is 0 Å². The standard InChI is InChI=1S/C14H19ClN4O/c1-4-6-17-14(20)10(3)19-11(8-15)18-12-9(2)5-7-16-13(12)19/h5,7,10H,4,6,8H2,1-3H3,(H,17,20). The van der Waals surface area contributed by atoms with Crippen molar-refractivity contribution in [2.75, 3.05) is 6.54 Å². The van der Waals surface area contributed by atoms with Gasteiger partial charge in [-0.25, -0.2) is 9.97 Å². The summed E-state index contributed by atoms with van der Waals surface area (Å²) in [6.07, 6.45) is 2.63. The molecule has 2 heterocycles. The number of hydrogen-bond acceptors (Lipinski definition) is 3. The molecule has 1 amide bonds. The normalized spacial score (nSPS) is 12.6. The number of imidazole rings is 1. The van der Waals surface area contributed by atoms with Gasteiger partial charge in [0.05, 0.1) is 5.88 Å². The molecule has 0 spiro atoms. The fourth-order valence-electron chi connectivity index (χ4n) is 2.17. The molecule has 0 aliphatic carbocycles. The first kappa shape index (κ1) is 14.8. The second-order valence-corrected chi connectivity index (χ2v) is 5.07. The summed E-state index contributed by atoms with van der Waals surface area (Å²) >= 11 is 5.97. The molecular formula is C14H19ClN4O. The Morgan fingerprint density at radius 2 is 2.30 bits per heavy atom. The molecule has 1 N–H and O–H groups in total. The Balaban J connectivity index is 2.46. The first-order chi connectivity index (χ1) is 9.60. The summed E-state index contributed by atoms with van der Waals surface area (Å²) in [5.74, 6) is 0.879. The van der Waals surface area contributed by atoms with E-state index in [1.807, 2.05) is 31.4 Å². The summed E-state index contributed by atoms with van der Waals surface area (Å²) in [5.41, 5.74) is 2.54. The molecule has 1 unspecified atom stereocenters. The molecule has 0 saturated carbocycles. The predicted molar refractivity (Wildman–Crippen MR) is 79.8 cm³/mol. The zero-order valence-electron chi connectivity index (χ0n) is 12.0. The number of halogens is 1. The number of hydrogen-bond donors (Lipinski definition) is 1. The lowest BCUT2D eigenvalue weighted by Gasteiger charge is -2.16. The Hall–Kier alpha value is -1.62. The van der Waals surface area contributed by atoms with Crippen molar-refractivity contribution in [1.29, 1.82) is 0 Å². The van der Waals surface area contributed by atoms with E-state index in [0.29, 0.717) is 18.0 Å². The molecule has 0 aromatic carbocycles. The minimum atomic E-state index is -0.380. The largest absolute Gasteiger partial charge is 0.354 e. The van der Waals surface area contributed by atoms with Crippen LogP contribution in [-0.2, 0) is 10.7 Å². The van der Waals surface area contributed by atoms with Crippen molar-refractivity contribution in [2.24, 2.45) is 0 Å². The van der Waals surface area contributed by atoms with E-state index >= 15 is 0 Å². The van der Waals surface area contributed by atoms with E-state index in [-0.39, 0.29) is 17.8 Å². The van der Waals surface area contributed by atoms with Gasteiger partial charge >= 0.3 is 0 Å².